The number of methoxy groups -OCH3 is 1. The second-order valence-electron chi connectivity index (χ2n) is 16.1. The average molecular weight is 841 g/mol. The maximum Gasteiger partial charge on any atom is 0.338 e. The van der Waals surface area contributed by atoms with E-state index in [1.54, 1.807) is 44.2 Å². The van der Waals surface area contributed by atoms with E-state index in [2.05, 4.69) is 39.2 Å². The Kier molecular flexibility index (Phi) is 16.1. The molecule has 1 N–H and O–H groups in total. The van der Waals surface area contributed by atoms with Crippen molar-refractivity contribution in [3.8, 4) is 22.3 Å². The summed E-state index contributed by atoms with van der Waals surface area (Å²) in [5.74, 6) is -2.99. The molecule has 11 nitrogen and oxygen atoms in total. The fourth-order valence-corrected chi connectivity index (χ4v) is 7.89. The average Bonchev–Trinajstić information content (AvgIpc) is 3.54. The maximum atomic E-state index is 14.7. The normalized spacial score (nSPS) is 12.3. The molecule has 0 aliphatic heterocycles. The van der Waals surface area contributed by atoms with Crippen LogP contribution in [0.15, 0.2) is 78.9 Å². The van der Waals surface area contributed by atoms with Crippen LogP contribution in [0.1, 0.15) is 110 Å². The van der Waals surface area contributed by atoms with E-state index in [-0.39, 0.29) is 66.3 Å². The lowest BCUT2D eigenvalue weighted by molar-refractivity contribution is -0.142. The first-order valence-corrected chi connectivity index (χ1v) is 23.0. The molecule has 60 heavy (non-hydrogen) atoms. The van der Waals surface area contributed by atoms with E-state index in [0.717, 1.165) is 0 Å². The van der Waals surface area contributed by atoms with Gasteiger partial charge in [-0.05, 0) is 105 Å². The minimum Gasteiger partial charge on any atom is -0.469 e. The predicted molar refractivity (Wildman–Crippen MR) is 233 cm³/mol. The van der Waals surface area contributed by atoms with Gasteiger partial charge in [-0.2, -0.15) is 0 Å². The van der Waals surface area contributed by atoms with E-state index in [1.807, 2.05) is 48.7 Å². The molecule has 320 valence electrons. The summed E-state index contributed by atoms with van der Waals surface area (Å²) in [7, 11) is -1.11. The van der Waals surface area contributed by atoms with E-state index in [9.17, 15) is 28.4 Å². The fourth-order valence-electron chi connectivity index (χ4n) is 6.53. The lowest BCUT2D eigenvalue weighted by Crippen LogP contribution is -2.44. The van der Waals surface area contributed by atoms with Gasteiger partial charge < -0.3 is 28.5 Å². The quantitative estimate of drug-likeness (QED) is 0.0449. The van der Waals surface area contributed by atoms with Gasteiger partial charge in [0.2, 0.25) is 0 Å². The van der Waals surface area contributed by atoms with Crippen LogP contribution in [0.5, 0.6) is 0 Å². The Morgan fingerprint density at radius 2 is 1.38 bits per heavy atom. The molecule has 0 saturated carbocycles. The molecule has 0 unspecified atom stereocenters. The molecule has 1 amide bonds. The van der Waals surface area contributed by atoms with Gasteiger partial charge in [-0.25, -0.2) is 14.0 Å². The number of aromatic nitrogens is 1. The number of halogens is 1. The van der Waals surface area contributed by atoms with Crippen LogP contribution in [0, 0.1) is 5.82 Å². The predicted octanol–water partition coefficient (Wildman–Crippen LogP) is 9.75. The lowest BCUT2D eigenvalue weighted by atomic mass is 9.94. The van der Waals surface area contributed by atoms with Crippen molar-refractivity contribution in [3.63, 3.8) is 0 Å². The van der Waals surface area contributed by atoms with Gasteiger partial charge in [0.05, 0.1) is 49.7 Å². The third-order valence-electron chi connectivity index (χ3n) is 10.4. The summed E-state index contributed by atoms with van der Waals surface area (Å²) in [5, 5.41) is 2.81. The van der Waals surface area contributed by atoms with E-state index in [4.69, 9.17) is 18.6 Å². The van der Waals surface area contributed by atoms with Crippen LogP contribution in [-0.2, 0) is 34.8 Å². The van der Waals surface area contributed by atoms with Crippen LogP contribution >= 0.6 is 0 Å². The molecule has 0 fully saturated rings. The highest BCUT2D eigenvalue weighted by molar-refractivity contribution is 6.74. The fraction of sp³-hybridized carbons (Fsp3) is 0.383. The van der Waals surface area contributed by atoms with Gasteiger partial charge in [-0.1, -0.05) is 63.2 Å². The number of carbonyl (C=O) groups excluding carboxylic acids is 5. The van der Waals surface area contributed by atoms with Gasteiger partial charge >= 0.3 is 17.9 Å². The molecule has 3 aromatic carbocycles. The van der Waals surface area contributed by atoms with Crippen LogP contribution in [0.25, 0.3) is 28.3 Å². The van der Waals surface area contributed by atoms with Crippen molar-refractivity contribution in [2.75, 3.05) is 20.3 Å². The minimum atomic E-state index is -2.40. The van der Waals surface area contributed by atoms with Crippen LogP contribution < -0.4 is 5.32 Å². The first-order chi connectivity index (χ1) is 28.3. The Morgan fingerprint density at radius 3 is 1.90 bits per heavy atom. The van der Waals surface area contributed by atoms with Gasteiger partial charge in [-0.3, -0.25) is 14.4 Å². The molecule has 0 bridgehead atoms. The standard InChI is InChI=1S/C47H57FN2O9Si/c1-11-57-45(54)34-24-31(25-35(26-34)46(55)58-12-2)29-49-44(53)43-42(32-16-14-13-15-17-32)41(33-18-20-36(48)21-19-33)39(50(43)30(3)4)23-22-37(51)27-38(28-40(52)56-8)59-60(9,10)47(5,6)7/h13-26,30,38H,11-12,27-29H2,1-10H3,(H,49,53)/b23-22+/t38-/m1/s1. The zero-order valence-electron chi connectivity index (χ0n) is 36.3. The van der Waals surface area contributed by atoms with Gasteiger partial charge in [0.15, 0.2) is 14.1 Å². The van der Waals surface area contributed by atoms with Crippen molar-refractivity contribution in [2.45, 2.75) is 98.1 Å². The van der Waals surface area contributed by atoms with Gasteiger partial charge in [-0.15, -0.1) is 0 Å². The second-order valence-corrected chi connectivity index (χ2v) is 20.9. The summed E-state index contributed by atoms with van der Waals surface area (Å²) >= 11 is 0. The van der Waals surface area contributed by atoms with E-state index < -0.39 is 44.1 Å². The van der Waals surface area contributed by atoms with Crippen molar-refractivity contribution < 1.29 is 47.0 Å². The highest BCUT2D eigenvalue weighted by Crippen LogP contribution is 2.43. The Bertz CT molecular complexity index is 2170. The number of hydrogen-bond donors (Lipinski definition) is 1. The molecule has 1 heterocycles. The SMILES string of the molecule is CCOC(=O)c1cc(CNC(=O)c2c(-c3ccccc3)c(-c3ccc(F)cc3)c(/C=C/C(=O)C[C@H](CC(=O)OC)O[Si](C)(C)C(C)(C)C)n2C(C)C)cc(C(=O)OCC)c1. The summed E-state index contributed by atoms with van der Waals surface area (Å²) in [5.41, 5.74) is 3.89. The molecular formula is C47H57FN2O9Si. The lowest BCUT2D eigenvalue weighted by Gasteiger charge is -2.39. The Morgan fingerprint density at radius 1 is 0.817 bits per heavy atom. The van der Waals surface area contributed by atoms with E-state index >= 15 is 0 Å². The Labute approximate surface area is 353 Å². The number of hydrogen-bond acceptors (Lipinski definition) is 9. The van der Waals surface area contributed by atoms with Crippen LogP contribution in [-0.4, -0.2) is 68.9 Å². The van der Waals surface area contributed by atoms with Crippen LogP contribution in [0.3, 0.4) is 0 Å². The summed E-state index contributed by atoms with van der Waals surface area (Å²) in [6, 6.07) is 19.4. The van der Waals surface area contributed by atoms with Gasteiger partial charge in [0, 0.05) is 30.1 Å². The number of esters is 3. The Balaban J connectivity index is 1.89. The Hall–Kier alpha value is -5.66. The van der Waals surface area contributed by atoms with Crippen molar-refractivity contribution >= 4 is 44.0 Å². The number of nitrogens with zero attached hydrogens (tertiary/aromatic N) is 1. The molecule has 4 rings (SSSR count). The summed E-state index contributed by atoms with van der Waals surface area (Å²) in [6.07, 6.45) is 2.16. The third kappa shape index (κ3) is 11.8. The molecule has 0 aliphatic carbocycles. The number of ether oxygens (including phenoxy) is 3. The largest absolute Gasteiger partial charge is 0.469 e. The van der Waals surface area contributed by atoms with E-state index in [0.29, 0.717) is 33.5 Å². The molecule has 0 radical (unpaired) electrons. The molecule has 13 heteroatoms. The van der Waals surface area contributed by atoms with Crippen LogP contribution in [0.2, 0.25) is 18.1 Å². The van der Waals surface area contributed by atoms with Gasteiger partial charge in [0.25, 0.3) is 5.91 Å². The molecule has 0 saturated heterocycles. The number of allylic oxidation sites excluding steroid dienone is 1. The zero-order valence-corrected chi connectivity index (χ0v) is 37.3. The van der Waals surface area contributed by atoms with E-state index in [1.165, 1.54) is 31.4 Å². The van der Waals surface area contributed by atoms with Gasteiger partial charge in [0.1, 0.15) is 11.5 Å². The molecule has 4 aromatic rings. The number of carbonyl (C=O) groups is 5. The third-order valence-corrected chi connectivity index (χ3v) is 14.9. The number of amides is 1. The molecular weight excluding hydrogens is 784 g/mol. The smallest absolute Gasteiger partial charge is 0.338 e. The number of rotatable bonds is 18. The topological polar surface area (TPSA) is 139 Å². The second kappa shape index (κ2) is 20.5. The first-order valence-electron chi connectivity index (χ1n) is 20.1. The summed E-state index contributed by atoms with van der Waals surface area (Å²) in [6.45, 7) is 17.7. The van der Waals surface area contributed by atoms with Crippen molar-refractivity contribution in [1.29, 1.82) is 0 Å². The highest BCUT2D eigenvalue weighted by atomic mass is 28.4. The molecule has 0 spiro atoms. The van der Waals surface area contributed by atoms with Crippen LogP contribution in [0.4, 0.5) is 4.39 Å². The minimum absolute atomic E-state index is 0.0820. The molecule has 1 atom stereocenters. The van der Waals surface area contributed by atoms with Crippen molar-refractivity contribution in [1.82, 2.24) is 9.88 Å². The highest BCUT2D eigenvalue weighted by Gasteiger charge is 2.40. The zero-order chi connectivity index (χ0) is 44.4. The number of nitrogens with one attached hydrogen (secondary N) is 1. The van der Waals surface area contributed by atoms with Crippen molar-refractivity contribution in [3.05, 3.63) is 113 Å². The molecule has 1 aromatic heterocycles. The number of ketones is 1. The summed E-state index contributed by atoms with van der Waals surface area (Å²) in [4.78, 5) is 66.7. The monoisotopic (exact) mass is 840 g/mol. The first kappa shape index (κ1) is 47.0. The number of benzene rings is 3. The maximum absolute atomic E-state index is 14.7. The molecule has 0 aliphatic rings. The van der Waals surface area contributed by atoms with Crippen molar-refractivity contribution in [2.24, 2.45) is 0 Å². The summed E-state index contributed by atoms with van der Waals surface area (Å²) < 4.78 is 38.1.